The molecule has 2 aromatic rings. The van der Waals surface area contributed by atoms with Gasteiger partial charge < -0.3 is 5.32 Å². The standard InChI is InChI=1S/C12H15N3O3S2/c1-12(2,3)10(16)14-7-4-5-9-8(6-7)15-11(19-9)20(13,17)18/h4-6H,1-3H3,(H,14,16)(H2,13,17,18). The zero-order chi connectivity index (χ0) is 15.1. The van der Waals surface area contributed by atoms with E-state index in [1.54, 1.807) is 18.2 Å². The quantitative estimate of drug-likeness (QED) is 0.884. The summed E-state index contributed by atoms with van der Waals surface area (Å²) >= 11 is 1.00. The Morgan fingerprint density at radius 2 is 2.00 bits per heavy atom. The fourth-order valence-corrected chi connectivity index (χ4v) is 3.06. The number of fused-ring (bicyclic) bond motifs is 1. The second-order valence-corrected chi connectivity index (χ2v) is 8.18. The molecule has 0 aliphatic heterocycles. The molecule has 0 radical (unpaired) electrons. The smallest absolute Gasteiger partial charge is 0.265 e. The molecule has 0 aliphatic carbocycles. The lowest BCUT2D eigenvalue weighted by Crippen LogP contribution is -2.27. The minimum absolute atomic E-state index is 0.126. The van der Waals surface area contributed by atoms with Crippen molar-refractivity contribution >= 4 is 43.2 Å². The molecule has 0 spiro atoms. The van der Waals surface area contributed by atoms with E-state index < -0.39 is 15.4 Å². The van der Waals surface area contributed by atoms with Gasteiger partial charge in [-0.15, -0.1) is 11.3 Å². The third kappa shape index (κ3) is 3.14. The summed E-state index contributed by atoms with van der Waals surface area (Å²) in [4.78, 5) is 15.9. The highest BCUT2D eigenvalue weighted by atomic mass is 32.2. The maximum Gasteiger partial charge on any atom is 0.265 e. The van der Waals surface area contributed by atoms with E-state index in [1.807, 2.05) is 20.8 Å². The van der Waals surface area contributed by atoms with Crippen LogP contribution in [0.3, 0.4) is 0 Å². The summed E-state index contributed by atoms with van der Waals surface area (Å²) in [6.45, 7) is 5.43. The second kappa shape index (κ2) is 4.80. The molecule has 2 rings (SSSR count). The zero-order valence-corrected chi connectivity index (χ0v) is 12.9. The van der Waals surface area contributed by atoms with Gasteiger partial charge in [0, 0.05) is 11.1 Å². The van der Waals surface area contributed by atoms with Gasteiger partial charge in [-0.05, 0) is 18.2 Å². The van der Waals surface area contributed by atoms with E-state index in [9.17, 15) is 13.2 Å². The van der Waals surface area contributed by atoms with Crippen molar-refractivity contribution in [2.75, 3.05) is 5.32 Å². The number of primary sulfonamides is 1. The van der Waals surface area contributed by atoms with E-state index in [2.05, 4.69) is 10.3 Å². The Labute approximate surface area is 121 Å². The van der Waals surface area contributed by atoms with Crippen LogP contribution in [0, 0.1) is 5.41 Å². The van der Waals surface area contributed by atoms with Crippen LogP contribution >= 0.6 is 11.3 Å². The number of nitrogens with two attached hydrogens (primary N) is 1. The molecule has 108 valence electrons. The molecule has 8 heteroatoms. The number of amides is 1. The van der Waals surface area contributed by atoms with Crippen LogP contribution in [0.4, 0.5) is 5.69 Å². The number of hydrogen-bond acceptors (Lipinski definition) is 5. The van der Waals surface area contributed by atoms with Gasteiger partial charge in [-0.25, -0.2) is 18.5 Å². The van der Waals surface area contributed by atoms with Gasteiger partial charge in [0.15, 0.2) is 0 Å². The monoisotopic (exact) mass is 313 g/mol. The normalized spacial score (nSPS) is 12.6. The van der Waals surface area contributed by atoms with Crippen LogP contribution in [-0.2, 0) is 14.8 Å². The van der Waals surface area contributed by atoms with Crippen LogP contribution in [-0.4, -0.2) is 19.3 Å². The number of sulfonamides is 1. The molecule has 20 heavy (non-hydrogen) atoms. The average Bonchev–Trinajstić information content (AvgIpc) is 2.70. The van der Waals surface area contributed by atoms with Gasteiger partial charge in [0.2, 0.25) is 10.2 Å². The molecule has 0 unspecified atom stereocenters. The number of benzene rings is 1. The molecule has 3 N–H and O–H groups in total. The lowest BCUT2D eigenvalue weighted by atomic mass is 9.95. The van der Waals surface area contributed by atoms with E-state index in [0.29, 0.717) is 15.9 Å². The van der Waals surface area contributed by atoms with E-state index in [0.717, 1.165) is 11.3 Å². The van der Waals surface area contributed by atoms with Crippen LogP contribution in [0.15, 0.2) is 22.5 Å². The first kappa shape index (κ1) is 14.9. The van der Waals surface area contributed by atoms with Gasteiger partial charge in [0.05, 0.1) is 10.2 Å². The number of nitrogens with zero attached hydrogens (tertiary/aromatic N) is 1. The number of nitrogens with one attached hydrogen (secondary N) is 1. The highest BCUT2D eigenvalue weighted by Gasteiger charge is 2.21. The Morgan fingerprint density at radius 1 is 1.35 bits per heavy atom. The first-order valence-electron chi connectivity index (χ1n) is 5.82. The van der Waals surface area contributed by atoms with Crippen LogP contribution in [0.2, 0.25) is 0 Å². The summed E-state index contributed by atoms with van der Waals surface area (Å²) in [6, 6.07) is 5.04. The topological polar surface area (TPSA) is 102 Å². The fourth-order valence-electron chi connectivity index (χ4n) is 1.42. The number of anilines is 1. The number of carbonyl (C=O) groups excluding carboxylic acids is 1. The third-order valence-corrected chi connectivity index (χ3v) is 4.91. The highest BCUT2D eigenvalue weighted by Crippen LogP contribution is 2.27. The third-order valence-electron chi connectivity index (χ3n) is 2.55. The van der Waals surface area contributed by atoms with Crippen molar-refractivity contribution in [2.24, 2.45) is 10.6 Å². The summed E-state index contributed by atoms with van der Waals surface area (Å²) in [5.74, 6) is -0.126. The average molecular weight is 313 g/mol. The van der Waals surface area contributed by atoms with Crippen LogP contribution < -0.4 is 10.5 Å². The largest absolute Gasteiger partial charge is 0.326 e. The number of hydrogen-bond donors (Lipinski definition) is 2. The Morgan fingerprint density at radius 3 is 2.55 bits per heavy atom. The minimum atomic E-state index is -3.80. The van der Waals surface area contributed by atoms with Crippen molar-refractivity contribution in [3.05, 3.63) is 18.2 Å². The Bertz CT molecular complexity index is 773. The molecule has 0 aliphatic rings. The molecule has 0 saturated heterocycles. The Kier molecular flexibility index (Phi) is 3.57. The van der Waals surface area contributed by atoms with Crippen molar-refractivity contribution in [1.29, 1.82) is 0 Å². The van der Waals surface area contributed by atoms with Crippen LogP contribution in [0.5, 0.6) is 0 Å². The lowest BCUT2D eigenvalue weighted by Gasteiger charge is -2.17. The van der Waals surface area contributed by atoms with E-state index >= 15 is 0 Å². The minimum Gasteiger partial charge on any atom is -0.326 e. The maximum absolute atomic E-state index is 11.9. The molecule has 0 fully saturated rings. The van der Waals surface area contributed by atoms with E-state index in [4.69, 9.17) is 5.14 Å². The summed E-state index contributed by atoms with van der Waals surface area (Å²) in [5, 5.41) is 7.81. The van der Waals surface area contributed by atoms with Gasteiger partial charge in [-0.1, -0.05) is 20.8 Å². The molecule has 0 saturated carbocycles. The Hall–Kier alpha value is -1.51. The van der Waals surface area contributed by atoms with Crippen molar-refractivity contribution in [2.45, 2.75) is 25.1 Å². The summed E-state index contributed by atoms with van der Waals surface area (Å²) in [7, 11) is -3.80. The molecular weight excluding hydrogens is 298 g/mol. The van der Waals surface area contributed by atoms with Gasteiger partial charge in [0.1, 0.15) is 0 Å². The van der Waals surface area contributed by atoms with E-state index in [1.165, 1.54) is 0 Å². The molecule has 1 heterocycles. The van der Waals surface area contributed by atoms with Gasteiger partial charge >= 0.3 is 0 Å². The summed E-state index contributed by atoms with van der Waals surface area (Å²) in [5.41, 5.74) is 0.553. The highest BCUT2D eigenvalue weighted by molar-refractivity contribution is 7.91. The van der Waals surface area contributed by atoms with Crippen molar-refractivity contribution < 1.29 is 13.2 Å². The van der Waals surface area contributed by atoms with Crippen molar-refractivity contribution in [3.63, 3.8) is 0 Å². The second-order valence-electron chi connectivity index (χ2n) is 5.41. The molecule has 1 aromatic heterocycles. The first-order valence-corrected chi connectivity index (χ1v) is 8.18. The van der Waals surface area contributed by atoms with Gasteiger partial charge in [-0.2, -0.15) is 0 Å². The van der Waals surface area contributed by atoms with E-state index in [-0.39, 0.29) is 10.2 Å². The molecule has 0 atom stereocenters. The van der Waals surface area contributed by atoms with Gasteiger partial charge in [-0.3, -0.25) is 4.79 Å². The van der Waals surface area contributed by atoms with Crippen LogP contribution in [0.1, 0.15) is 20.8 Å². The summed E-state index contributed by atoms with van der Waals surface area (Å²) in [6.07, 6.45) is 0. The Balaban J connectivity index is 2.37. The van der Waals surface area contributed by atoms with Crippen molar-refractivity contribution in [1.82, 2.24) is 4.98 Å². The molecule has 0 bridgehead atoms. The summed E-state index contributed by atoms with van der Waals surface area (Å²) < 4.78 is 23.1. The maximum atomic E-state index is 11.9. The SMILES string of the molecule is CC(C)(C)C(=O)Nc1ccc2sc(S(N)(=O)=O)nc2c1. The number of rotatable bonds is 2. The number of aromatic nitrogens is 1. The molecule has 1 aromatic carbocycles. The molecular formula is C12H15N3O3S2. The lowest BCUT2D eigenvalue weighted by molar-refractivity contribution is -0.123. The molecule has 1 amide bonds. The first-order chi connectivity index (χ1) is 9.07. The number of carbonyl (C=O) groups is 1. The molecule has 6 nitrogen and oxygen atoms in total. The predicted molar refractivity (Wildman–Crippen MR) is 79.1 cm³/mol. The fraction of sp³-hybridized carbons (Fsp3) is 0.333. The van der Waals surface area contributed by atoms with Gasteiger partial charge in [0.25, 0.3) is 10.0 Å². The van der Waals surface area contributed by atoms with Crippen molar-refractivity contribution in [3.8, 4) is 0 Å². The zero-order valence-electron chi connectivity index (χ0n) is 11.3. The number of thiazole rings is 1. The predicted octanol–water partition coefficient (Wildman–Crippen LogP) is 1.93. The van der Waals surface area contributed by atoms with Crippen LogP contribution in [0.25, 0.3) is 10.2 Å².